The van der Waals surface area contributed by atoms with E-state index in [0.717, 1.165) is 25.0 Å². The highest BCUT2D eigenvalue weighted by molar-refractivity contribution is 9.09. The van der Waals surface area contributed by atoms with Crippen molar-refractivity contribution in [1.82, 2.24) is 0 Å². The first-order valence-electron chi connectivity index (χ1n) is 7.27. The molecule has 0 amide bonds. The average Bonchev–Trinajstić information content (AvgIpc) is 2.48. The lowest BCUT2D eigenvalue weighted by Crippen LogP contribution is -2.45. The third kappa shape index (κ3) is 2.91. The van der Waals surface area contributed by atoms with Crippen LogP contribution < -0.4 is 9.80 Å². The lowest BCUT2D eigenvalue weighted by Gasteiger charge is -2.42. The quantitative estimate of drug-likeness (QED) is 0.751. The maximum atomic E-state index is 3.73. The molecule has 19 heavy (non-hydrogen) atoms. The lowest BCUT2D eigenvalue weighted by atomic mass is 9.83. The number of hydrogen-bond donors (Lipinski definition) is 0. The molecule has 0 aliphatic carbocycles. The Bertz CT molecular complexity index is 407. The molecule has 2 nitrogen and oxygen atoms in total. The Morgan fingerprint density at radius 2 is 1.74 bits per heavy atom. The number of benzene rings is 1. The summed E-state index contributed by atoms with van der Waals surface area (Å²) in [5.41, 5.74) is 3.15. The number of likely N-dealkylation sites (N-methyl/N-ethyl adjacent to an activating group) is 1. The third-order valence-corrected chi connectivity index (χ3v) is 5.84. The van der Waals surface area contributed by atoms with E-state index in [2.05, 4.69) is 70.9 Å². The number of halogens is 1. The second kappa shape index (κ2) is 6.17. The number of nitrogens with zero attached hydrogens (tertiary/aromatic N) is 2. The topological polar surface area (TPSA) is 6.48 Å². The maximum absolute atomic E-state index is 3.73. The number of anilines is 2. The van der Waals surface area contributed by atoms with Gasteiger partial charge in [0.2, 0.25) is 0 Å². The smallest absolute Gasteiger partial charge is 0.0604 e. The van der Waals surface area contributed by atoms with Crippen molar-refractivity contribution in [2.24, 2.45) is 5.41 Å². The second-order valence-corrected chi connectivity index (χ2v) is 6.23. The number of alkyl halides is 1. The van der Waals surface area contributed by atoms with Crippen LogP contribution in [0.25, 0.3) is 0 Å². The van der Waals surface area contributed by atoms with Crippen molar-refractivity contribution in [3.8, 4) is 0 Å². The van der Waals surface area contributed by atoms with Gasteiger partial charge in [-0.25, -0.2) is 0 Å². The first-order valence-corrected chi connectivity index (χ1v) is 8.39. The normalized spacial score (nSPS) is 15.6. The van der Waals surface area contributed by atoms with Crippen molar-refractivity contribution in [1.29, 1.82) is 0 Å². The average molecular weight is 325 g/mol. The minimum absolute atomic E-state index is 0.392. The van der Waals surface area contributed by atoms with E-state index in [0.29, 0.717) is 5.41 Å². The van der Waals surface area contributed by atoms with Gasteiger partial charge in [0.05, 0.1) is 11.4 Å². The molecule has 0 saturated heterocycles. The van der Waals surface area contributed by atoms with Crippen molar-refractivity contribution in [3.63, 3.8) is 0 Å². The number of para-hydroxylation sites is 2. The van der Waals surface area contributed by atoms with Crippen LogP contribution in [0.2, 0.25) is 0 Å². The Morgan fingerprint density at radius 1 is 1.11 bits per heavy atom. The number of hydrogen-bond acceptors (Lipinski definition) is 2. The molecule has 1 aromatic carbocycles. The zero-order valence-electron chi connectivity index (χ0n) is 12.3. The highest BCUT2D eigenvalue weighted by atomic mass is 79.9. The van der Waals surface area contributed by atoms with Crippen LogP contribution in [0.4, 0.5) is 11.4 Å². The Balaban J connectivity index is 2.25. The van der Waals surface area contributed by atoms with Crippen molar-refractivity contribution in [2.45, 2.75) is 26.7 Å². The largest absolute Gasteiger partial charge is 0.371 e. The van der Waals surface area contributed by atoms with Crippen LogP contribution in [0.15, 0.2) is 24.3 Å². The molecule has 0 fully saturated rings. The van der Waals surface area contributed by atoms with Gasteiger partial charge in [0.25, 0.3) is 0 Å². The van der Waals surface area contributed by atoms with Gasteiger partial charge in [-0.2, -0.15) is 0 Å². The van der Waals surface area contributed by atoms with Gasteiger partial charge in [0, 0.05) is 32.0 Å². The molecular weight excluding hydrogens is 300 g/mol. The summed E-state index contributed by atoms with van der Waals surface area (Å²) < 4.78 is 0. The summed E-state index contributed by atoms with van der Waals surface area (Å²) >= 11 is 3.73. The minimum atomic E-state index is 0.392. The van der Waals surface area contributed by atoms with Gasteiger partial charge in [-0.05, 0) is 30.4 Å². The molecule has 0 N–H and O–H groups in total. The van der Waals surface area contributed by atoms with Crippen LogP contribution in [-0.2, 0) is 0 Å². The molecular formula is C16H25BrN2. The van der Waals surface area contributed by atoms with Gasteiger partial charge in [-0.1, -0.05) is 41.9 Å². The van der Waals surface area contributed by atoms with E-state index in [1.807, 2.05) is 0 Å². The second-order valence-electron chi connectivity index (χ2n) is 5.67. The van der Waals surface area contributed by atoms with Crippen LogP contribution in [0.5, 0.6) is 0 Å². The van der Waals surface area contributed by atoms with Gasteiger partial charge in [-0.15, -0.1) is 0 Å². The van der Waals surface area contributed by atoms with E-state index in [1.165, 1.54) is 24.2 Å². The van der Waals surface area contributed by atoms with Crippen molar-refractivity contribution >= 4 is 27.3 Å². The summed E-state index contributed by atoms with van der Waals surface area (Å²) in [4.78, 5) is 4.93. The Morgan fingerprint density at radius 3 is 2.32 bits per heavy atom. The van der Waals surface area contributed by atoms with Crippen molar-refractivity contribution in [3.05, 3.63) is 24.3 Å². The molecule has 2 rings (SSSR count). The fourth-order valence-corrected chi connectivity index (χ4v) is 3.81. The molecule has 1 heterocycles. The predicted octanol–water partition coefficient (Wildman–Crippen LogP) is 4.14. The summed E-state index contributed by atoms with van der Waals surface area (Å²) in [6, 6.07) is 8.78. The number of rotatable bonds is 5. The summed E-state index contributed by atoms with van der Waals surface area (Å²) in [6.07, 6.45) is 2.45. The van der Waals surface area contributed by atoms with Gasteiger partial charge in [0.15, 0.2) is 0 Å². The standard InChI is InChI=1S/C16H25BrN2/c1-4-16(5-2,12-17)13-19-11-10-18(3)14-8-6-7-9-15(14)19/h6-9H,4-5,10-13H2,1-3H3. The summed E-state index contributed by atoms with van der Waals surface area (Å²) in [7, 11) is 2.19. The molecule has 0 atom stereocenters. The van der Waals surface area contributed by atoms with Gasteiger partial charge in [0.1, 0.15) is 0 Å². The maximum Gasteiger partial charge on any atom is 0.0604 e. The number of fused-ring (bicyclic) bond motifs is 1. The molecule has 1 aliphatic rings. The van der Waals surface area contributed by atoms with Gasteiger partial charge >= 0.3 is 0 Å². The highest BCUT2D eigenvalue weighted by Crippen LogP contribution is 2.37. The molecule has 0 radical (unpaired) electrons. The molecule has 1 aromatic rings. The first-order chi connectivity index (χ1) is 9.15. The molecule has 0 saturated carbocycles. The van der Waals surface area contributed by atoms with Crippen molar-refractivity contribution in [2.75, 3.05) is 41.8 Å². The zero-order chi connectivity index (χ0) is 13.9. The van der Waals surface area contributed by atoms with Crippen LogP contribution in [0.1, 0.15) is 26.7 Å². The highest BCUT2D eigenvalue weighted by Gasteiger charge is 2.30. The van der Waals surface area contributed by atoms with Crippen LogP contribution in [0, 0.1) is 5.41 Å². The predicted molar refractivity (Wildman–Crippen MR) is 88.7 cm³/mol. The van der Waals surface area contributed by atoms with E-state index in [4.69, 9.17) is 0 Å². The van der Waals surface area contributed by atoms with E-state index < -0.39 is 0 Å². The Hall–Kier alpha value is -0.700. The third-order valence-electron chi connectivity index (χ3n) is 4.65. The molecule has 106 valence electrons. The molecule has 1 aliphatic heterocycles. The van der Waals surface area contributed by atoms with E-state index in [1.54, 1.807) is 0 Å². The van der Waals surface area contributed by atoms with E-state index in [-0.39, 0.29) is 0 Å². The fourth-order valence-electron chi connectivity index (χ4n) is 2.84. The monoisotopic (exact) mass is 324 g/mol. The van der Waals surface area contributed by atoms with Gasteiger partial charge < -0.3 is 9.80 Å². The minimum Gasteiger partial charge on any atom is -0.371 e. The zero-order valence-corrected chi connectivity index (χ0v) is 13.9. The van der Waals surface area contributed by atoms with Crippen LogP contribution in [0.3, 0.4) is 0 Å². The summed E-state index contributed by atoms with van der Waals surface area (Å²) in [5, 5.41) is 1.08. The summed E-state index contributed by atoms with van der Waals surface area (Å²) in [6.45, 7) is 8.01. The molecule has 0 aromatic heterocycles. The van der Waals surface area contributed by atoms with E-state index in [9.17, 15) is 0 Å². The van der Waals surface area contributed by atoms with Crippen molar-refractivity contribution < 1.29 is 0 Å². The Labute approximate surface area is 125 Å². The Kier molecular flexibility index (Phi) is 4.77. The van der Waals surface area contributed by atoms with Crippen LogP contribution in [-0.4, -0.2) is 32.0 Å². The van der Waals surface area contributed by atoms with E-state index >= 15 is 0 Å². The molecule has 3 heteroatoms. The fraction of sp³-hybridized carbons (Fsp3) is 0.625. The SMILES string of the molecule is CCC(CC)(CBr)CN1CCN(C)c2ccccc21. The first kappa shape index (κ1) is 14.7. The van der Waals surface area contributed by atoms with Crippen LogP contribution >= 0.6 is 15.9 Å². The molecule has 0 spiro atoms. The molecule has 0 unspecified atom stereocenters. The lowest BCUT2D eigenvalue weighted by molar-refractivity contribution is 0.311. The molecule has 0 bridgehead atoms. The van der Waals surface area contributed by atoms with Gasteiger partial charge in [-0.3, -0.25) is 0 Å². The summed E-state index contributed by atoms with van der Waals surface area (Å²) in [5.74, 6) is 0.